The molecule has 1 aliphatic rings. The summed E-state index contributed by atoms with van der Waals surface area (Å²) in [7, 11) is 0. The Hall–Kier alpha value is -5.82. The predicted molar refractivity (Wildman–Crippen MR) is 195 cm³/mol. The van der Waals surface area contributed by atoms with Crippen molar-refractivity contribution in [2.24, 2.45) is 0 Å². The van der Waals surface area contributed by atoms with Crippen LogP contribution in [0.2, 0.25) is 0 Å². The lowest BCUT2D eigenvalue weighted by Gasteiger charge is -2.31. The molecule has 252 valence electrons. The molecule has 0 fully saturated rings. The maximum atomic E-state index is 12.5. The van der Waals surface area contributed by atoms with Crippen molar-refractivity contribution in [2.75, 3.05) is 0 Å². The number of carbonyl (C=O) groups is 2. The minimum Gasteiger partial charge on any atom is -0.457 e. The summed E-state index contributed by atoms with van der Waals surface area (Å²) in [4.78, 5) is 24.9. The molecule has 0 amide bonds. The van der Waals surface area contributed by atoms with Gasteiger partial charge in [0.1, 0.15) is 34.2 Å². The molecule has 6 aromatic rings. The lowest BCUT2D eigenvalue weighted by Crippen LogP contribution is -2.25. The van der Waals surface area contributed by atoms with Crippen LogP contribution in [0.5, 0.6) is 23.0 Å². The number of carbonyl (C=O) groups excluding carboxylic acids is 2. The summed E-state index contributed by atoms with van der Waals surface area (Å²) in [5.41, 5.74) is 3.97. The fraction of sp³-hybridized carbons (Fsp3) is 0.209. The van der Waals surface area contributed by atoms with Crippen molar-refractivity contribution < 1.29 is 33.3 Å². The maximum absolute atomic E-state index is 12.5. The lowest BCUT2D eigenvalue weighted by molar-refractivity contribution is 0.0193. The first kappa shape index (κ1) is 32.7. The van der Waals surface area contributed by atoms with Gasteiger partial charge in [-0.15, -0.1) is 0 Å². The molecule has 50 heavy (non-hydrogen) atoms. The van der Waals surface area contributed by atoms with Crippen molar-refractivity contribution >= 4 is 33.9 Å². The van der Waals surface area contributed by atoms with E-state index >= 15 is 0 Å². The number of benzene rings is 6. The van der Waals surface area contributed by atoms with Gasteiger partial charge in [-0.1, -0.05) is 78.9 Å². The quantitative estimate of drug-likeness (QED) is 0.137. The van der Waals surface area contributed by atoms with E-state index in [0.717, 1.165) is 60.9 Å². The van der Waals surface area contributed by atoms with Crippen molar-refractivity contribution in [1.82, 2.24) is 0 Å². The van der Waals surface area contributed by atoms with Crippen molar-refractivity contribution in [2.45, 2.75) is 58.7 Å². The van der Waals surface area contributed by atoms with Gasteiger partial charge in [-0.2, -0.15) is 0 Å². The van der Waals surface area contributed by atoms with Crippen molar-refractivity contribution in [3.63, 3.8) is 0 Å². The van der Waals surface area contributed by atoms with Gasteiger partial charge in [-0.05, 0) is 116 Å². The smallest absolute Gasteiger partial charge is 0.457 e. The van der Waals surface area contributed by atoms with Crippen LogP contribution in [0.3, 0.4) is 0 Å². The Morgan fingerprint density at radius 2 is 1.00 bits per heavy atom. The zero-order chi connectivity index (χ0) is 35.2. The second-order valence-electron chi connectivity index (χ2n) is 14.4. The van der Waals surface area contributed by atoms with Gasteiger partial charge in [0.2, 0.25) is 0 Å². The molecule has 7 heteroatoms. The maximum Gasteiger partial charge on any atom is 0.514 e. The van der Waals surface area contributed by atoms with Crippen LogP contribution in [0.15, 0.2) is 115 Å². The number of fused-ring (bicyclic) bond motifs is 6. The highest BCUT2D eigenvalue weighted by Gasteiger charge is 2.33. The third kappa shape index (κ3) is 6.85. The number of ether oxygens (including phenoxy) is 5. The molecule has 0 aliphatic carbocycles. The Morgan fingerprint density at radius 3 is 1.46 bits per heavy atom. The van der Waals surface area contributed by atoms with E-state index in [1.54, 1.807) is 53.7 Å². The summed E-state index contributed by atoms with van der Waals surface area (Å²) in [5.74, 6) is 2.03. The van der Waals surface area contributed by atoms with Gasteiger partial charge < -0.3 is 23.7 Å². The number of hydrogen-bond acceptors (Lipinski definition) is 7. The molecule has 0 unspecified atom stereocenters. The second kappa shape index (κ2) is 12.6. The van der Waals surface area contributed by atoms with Crippen molar-refractivity contribution in [1.29, 1.82) is 0 Å². The molecule has 0 atom stereocenters. The topological polar surface area (TPSA) is 80.3 Å². The minimum atomic E-state index is -0.759. The van der Waals surface area contributed by atoms with Crippen LogP contribution in [-0.2, 0) is 9.47 Å². The first-order valence-corrected chi connectivity index (χ1v) is 16.6. The molecule has 0 N–H and O–H groups in total. The van der Waals surface area contributed by atoms with E-state index in [-0.39, 0.29) is 5.92 Å². The molecular formula is C43H38O7. The van der Waals surface area contributed by atoms with Gasteiger partial charge in [0.25, 0.3) is 0 Å². The van der Waals surface area contributed by atoms with Crippen LogP contribution < -0.4 is 14.2 Å². The number of hydrogen-bond donors (Lipinski definition) is 0. The van der Waals surface area contributed by atoms with Crippen LogP contribution >= 0.6 is 0 Å². The second-order valence-corrected chi connectivity index (χ2v) is 14.4. The molecule has 0 radical (unpaired) electrons. The molecule has 0 saturated heterocycles. The lowest BCUT2D eigenvalue weighted by atomic mass is 9.78. The standard InChI is InChI=1S/C43H38O7/c1-42(2,3)49-40(44)46-31-18-20-33-29(24-31)16-22-35-38(33)37(28-14-12-27(13-15-28)26-10-8-7-9-11-26)39-34-21-19-32(47-41(45)50-43(4,5)6)25-30(34)17-23-36(39)48-35/h7-25,37H,1-6H3. The van der Waals surface area contributed by atoms with Gasteiger partial charge >= 0.3 is 12.3 Å². The van der Waals surface area contributed by atoms with Gasteiger partial charge in [0, 0.05) is 17.0 Å². The monoisotopic (exact) mass is 666 g/mol. The summed E-state index contributed by atoms with van der Waals surface area (Å²) >= 11 is 0. The van der Waals surface area contributed by atoms with Gasteiger partial charge in [0.15, 0.2) is 0 Å². The van der Waals surface area contributed by atoms with E-state index in [0.29, 0.717) is 11.5 Å². The van der Waals surface area contributed by atoms with Gasteiger partial charge in [-0.3, -0.25) is 0 Å². The van der Waals surface area contributed by atoms with E-state index in [4.69, 9.17) is 23.7 Å². The number of rotatable bonds is 4. The first-order chi connectivity index (χ1) is 23.8. The Labute approximate surface area is 291 Å². The van der Waals surface area contributed by atoms with Crippen LogP contribution in [-0.4, -0.2) is 23.5 Å². The largest absolute Gasteiger partial charge is 0.514 e. The third-order valence-electron chi connectivity index (χ3n) is 8.32. The summed E-state index contributed by atoms with van der Waals surface area (Å²) in [6.07, 6.45) is -1.52. The fourth-order valence-electron chi connectivity index (χ4n) is 6.35. The highest BCUT2D eigenvalue weighted by atomic mass is 16.7. The van der Waals surface area contributed by atoms with E-state index in [1.165, 1.54) is 0 Å². The van der Waals surface area contributed by atoms with Crippen LogP contribution in [0.1, 0.15) is 64.2 Å². The Balaban J connectivity index is 1.35. The highest BCUT2D eigenvalue weighted by molar-refractivity contribution is 5.96. The summed E-state index contributed by atoms with van der Waals surface area (Å²) in [6.45, 7) is 10.8. The molecule has 0 bridgehead atoms. The Kier molecular flexibility index (Phi) is 8.22. The molecule has 0 aromatic heterocycles. The molecule has 0 saturated carbocycles. The fourth-order valence-corrected chi connectivity index (χ4v) is 6.35. The average Bonchev–Trinajstić information content (AvgIpc) is 3.05. The van der Waals surface area contributed by atoms with Crippen molar-refractivity contribution in [3.05, 3.63) is 132 Å². The predicted octanol–water partition coefficient (Wildman–Crippen LogP) is 11.6. The Bertz CT molecular complexity index is 2120. The summed E-state index contributed by atoms with van der Waals surface area (Å²) in [5, 5.41) is 3.69. The SMILES string of the molecule is CC(C)(C)OC(=O)Oc1ccc2c3c(ccc2c1)Oc1ccc2cc(OC(=O)OC(C)(C)C)ccc2c1C3c1ccc(-c2ccccc2)cc1. The van der Waals surface area contributed by atoms with E-state index in [1.807, 2.05) is 66.7 Å². The molecule has 1 aliphatic heterocycles. The summed E-state index contributed by atoms with van der Waals surface area (Å²) < 4.78 is 28.5. The summed E-state index contributed by atoms with van der Waals surface area (Å²) in [6, 6.07) is 38.0. The van der Waals surface area contributed by atoms with Gasteiger partial charge in [-0.25, -0.2) is 9.59 Å². The molecule has 7 nitrogen and oxygen atoms in total. The molecular weight excluding hydrogens is 628 g/mol. The first-order valence-electron chi connectivity index (χ1n) is 16.6. The highest BCUT2D eigenvalue weighted by Crippen LogP contribution is 2.52. The molecule has 0 spiro atoms. The van der Waals surface area contributed by atoms with Crippen LogP contribution in [0.25, 0.3) is 32.7 Å². The van der Waals surface area contributed by atoms with Crippen LogP contribution in [0, 0.1) is 0 Å². The van der Waals surface area contributed by atoms with Gasteiger partial charge in [0.05, 0.1) is 0 Å². The third-order valence-corrected chi connectivity index (χ3v) is 8.32. The average molecular weight is 667 g/mol. The molecule has 7 rings (SSSR count). The normalized spacial score (nSPS) is 12.8. The molecule has 1 heterocycles. The van der Waals surface area contributed by atoms with Crippen LogP contribution in [0.4, 0.5) is 9.59 Å². The zero-order valence-electron chi connectivity index (χ0n) is 28.9. The van der Waals surface area contributed by atoms with Crippen molar-refractivity contribution in [3.8, 4) is 34.1 Å². The van der Waals surface area contributed by atoms with E-state index in [2.05, 4.69) is 36.4 Å². The minimum absolute atomic E-state index is 0.221. The van der Waals surface area contributed by atoms with E-state index < -0.39 is 23.5 Å². The Morgan fingerprint density at radius 1 is 0.540 bits per heavy atom. The zero-order valence-corrected chi connectivity index (χ0v) is 28.9. The molecule has 6 aromatic carbocycles. The van der Waals surface area contributed by atoms with E-state index in [9.17, 15) is 9.59 Å².